The molecular formula is C13H10ClN3O2. The number of hydrogen-bond donors (Lipinski definition) is 0. The summed E-state index contributed by atoms with van der Waals surface area (Å²) in [5, 5.41) is 19.7. The van der Waals surface area contributed by atoms with E-state index >= 15 is 0 Å². The van der Waals surface area contributed by atoms with Crippen molar-refractivity contribution >= 4 is 23.0 Å². The molecule has 0 saturated heterocycles. The second-order valence-corrected chi connectivity index (χ2v) is 4.52. The summed E-state index contributed by atoms with van der Waals surface area (Å²) in [6.45, 7) is 2.17. The molecule has 1 aromatic rings. The van der Waals surface area contributed by atoms with Crippen LogP contribution in [0, 0.1) is 21.4 Å². The number of hydrogen-bond acceptors (Lipinski definition) is 4. The molecule has 6 heteroatoms. The fraction of sp³-hybridized carbons (Fsp3) is 0.154. The maximum absolute atomic E-state index is 10.6. The standard InChI is InChI=1S/C13H10ClN3O2/c1-9-6-13(11(7-15)8-16(9)14)10-2-4-12(5-3-10)17(18)19/h2-6H,8H2,1H3. The number of nitro benzene ring substituents is 1. The Balaban J connectivity index is 2.45. The number of allylic oxidation sites excluding steroid dienone is 3. The summed E-state index contributed by atoms with van der Waals surface area (Å²) in [6.07, 6.45) is 1.80. The van der Waals surface area contributed by atoms with Gasteiger partial charge < -0.3 is 0 Å². The largest absolute Gasteiger partial charge is 0.284 e. The van der Waals surface area contributed by atoms with Gasteiger partial charge in [0.05, 0.1) is 23.1 Å². The maximum Gasteiger partial charge on any atom is 0.269 e. The Hall–Kier alpha value is -2.32. The molecule has 19 heavy (non-hydrogen) atoms. The van der Waals surface area contributed by atoms with Crippen molar-refractivity contribution in [2.75, 3.05) is 6.54 Å². The molecule has 0 unspecified atom stereocenters. The first kappa shape index (κ1) is 13.1. The SMILES string of the molecule is CC1=CC(c2ccc([N+](=O)[O-])cc2)=C(C#N)CN1Cl. The number of nitrogens with zero attached hydrogens (tertiary/aromatic N) is 3. The van der Waals surface area contributed by atoms with Crippen LogP contribution >= 0.6 is 11.8 Å². The van der Waals surface area contributed by atoms with Crippen molar-refractivity contribution in [3.63, 3.8) is 0 Å². The minimum absolute atomic E-state index is 0.0262. The number of non-ortho nitro benzene ring substituents is 1. The first-order valence-corrected chi connectivity index (χ1v) is 5.86. The van der Waals surface area contributed by atoms with Crippen LogP contribution < -0.4 is 0 Å². The van der Waals surface area contributed by atoms with Gasteiger partial charge in [0.25, 0.3) is 5.69 Å². The molecule has 0 aromatic heterocycles. The average molecular weight is 276 g/mol. The number of nitriles is 1. The van der Waals surface area contributed by atoms with Gasteiger partial charge in [0, 0.05) is 29.6 Å². The van der Waals surface area contributed by atoms with E-state index in [-0.39, 0.29) is 5.69 Å². The van der Waals surface area contributed by atoms with E-state index in [1.54, 1.807) is 18.2 Å². The molecule has 0 spiro atoms. The number of nitro groups is 1. The third kappa shape index (κ3) is 2.59. The minimum Gasteiger partial charge on any atom is -0.284 e. The van der Waals surface area contributed by atoms with Crippen molar-refractivity contribution in [1.29, 1.82) is 5.26 Å². The van der Waals surface area contributed by atoms with Gasteiger partial charge in [-0.05, 0) is 36.3 Å². The molecule has 0 saturated carbocycles. The summed E-state index contributed by atoms with van der Waals surface area (Å²) in [5.41, 5.74) is 2.92. The zero-order chi connectivity index (χ0) is 14.0. The van der Waals surface area contributed by atoms with Crippen molar-refractivity contribution in [1.82, 2.24) is 4.42 Å². The smallest absolute Gasteiger partial charge is 0.269 e. The van der Waals surface area contributed by atoms with Gasteiger partial charge in [-0.1, -0.05) is 0 Å². The van der Waals surface area contributed by atoms with Gasteiger partial charge in [0.2, 0.25) is 0 Å². The molecule has 5 nitrogen and oxygen atoms in total. The first-order valence-electron chi connectivity index (χ1n) is 5.52. The Kier molecular flexibility index (Phi) is 3.54. The number of halogens is 1. The molecule has 1 aliphatic heterocycles. The van der Waals surface area contributed by atoms with Gasteiger partial charge in [-0.15, -0.1) is 0 Å². The van der Waals surface area contributed by atoms with E-state index in [2.05, 4.69) is 6.07 Å². The predicted octanol–water partition coefficient (Wildman–Crippen LogP) is 3.25. The van der Waals surface area contributed by atoms with Crippen molar-refractivity contribution in [3.05, 3.63) is 57.3 Å². The Morgan fingerprint density at radius 3 is 2.58 bits per heavy atom. The molecular weight excluding hydrogens is 266 g/mol. The highest BCUT2D eigenvalue weighted by atomic mass is 35.5. The summed E-state index contributed by atoms with van der Waals surface area (Å²) >= 11 is 5.95. The van der Waals surface area contributed by atoms with Crippen LogP contribution in [0.15, 0.2) is 41.6 Å². The van der Waals surface area contributed by atoms with E-state index in [0.717, 1.165) is 16.8 Å². The highest BCUT2D eigenvalue weighted by Crippen LogP contribution is 2.29. The van der Waals surface area contributed by atoms with Gasteiger partial charge in [-0.25, -0.2) is 0 Å². The number of benzene rings is 1. The lowest BCUT2D eigenvalue weighted by Gasteiger charge is -2.22. The normalized spacial score (nSPS) is 15.0. The van der Waals surface area contributed by atoms with Crippen molar-refractivity contribution in [2.24, 2.45) is 0 Å². The van der Waals surface area contributed by atoms with Crippen molar-refractivity contribution in [2.45, 2.75) is 6.92 Å². The van der Waals surface area contributed by atoms with E-state index in [4.69, 9.17) is 17.0 Å². The van der Waals surface area contributed by atoms with Crippen LogP contribution in [-0.4, -0.2) is 15.9 Å². The lowest BCUT2D eigenvalue weighted by atomic mass is 9.97. The molecule has 0 bridgehead atoms. The van der Waals surface area contributed by atoms with Crippen LogP contribution in [-0.2, 0) is 0 Å². The minimum atomic E-state index is -0.453. The zero-order valence-corrected chi connectivity index (χ0v) is 10.9. The Labute approximate surface area is 115 Å². The predicted molar refractivity (Wildman–Crippen MR) is 71.9 cm³/mol. The molecule has 1 aromatic carbocycles. The Morgan fingerprint density at radius 2 is 2.05 bits per heavy atom. The summed E-state index contributed by atoms with van der Waals surface area (Å²) in [5.74, 6) is 0. The van der Waals surface area contributed by atoms with E-state index in [9.17, 15) is 10.1 Å². The monoisotopic (exact) mass is 275 g/mol. The van der Waals surface area contributed by atoms with Crippen LogP contribution in [0.4, 0.5) is 5.69 Å². The summed E-state index contributed by atoms with van der Waals surface area (Å²) in [4.78, 5) is 10.2. The molecule has 0 radical (unpaired) electrons. The quantitative estimate of drug-likeness (QED) is 0.472. The van der Waals surface area contributed by atoms with E-state index in [0.29, 0.717) is 12.1 Å². The average Bonchev–Trinajstić information content (AvgIpc) is 2.41. The number of rotatable bonds is 2. The summed E-state index contributed by atoms with van der Waals surface area (Å²) in [7, 11) is 0. The molecule has 96 valence electrons. The second-order valence-electron chi connectivity index (χ2n) is 4.11. The fourth-order valence-corrected chi connectivity index (χ4v) is 2.00. The molecule has 1 aliphatic rings. The van der Waals surface area contributed by atoms with Gasteiger partial charge in [-0.2, -0.15) is 5.26 Å². The highest BCUT2D eigenvalue weighted by Gasteiger charge is 2.18. The Bertz CT molecular complexity index is 626. The Morgan fingerprint density at radius 1 is 1.42 bits per heavy atom. The van der Waals surface area contributed by atoms with Crippen LogP contribution in [0.3, 0.4) is 0 Å². The highest BCUT2D eigenvalue weighted by molar-refractivity contribution is 6.15. The van der Waals surface area contributed by atoms with Crippen LogP contribution in [0.25, 0.3) is 5.57 Å². The molecule has 0 N–H and O–H groups in total. The first-order chi connectivity index (χ1) is 9.02. The topological polar surface area (TPSA) is 70.2 Å². The third-order valence-corrected chi connectivity index (χ3v) is 3.27. The lowest BCUT2D eigenvalue weighted by molar-refractivity contribution is -0.384. The van der Waals surface area contributed by atoms with Crippen LogP contribution in [0.2, 0.25) is 0 Å². The summed E-state index contributed by atoms with van der Waals surface area (Å²) < 4.78 is 1.47. The molecule has 1 heterocycles. The molecule has 0 fully saturated rings. The van der Waals surface area contributed by atoms with Crippen molar-refractivity contribution in [3.8, 4) is 6.07 Å². The van der Waals surface area contributed by atoms with E-state index in [1.807, 2.05) is 6.92 Å². The van der Waals surface area contributed by atoms with Gasteiger partial charge >= 0.3 is 0 Å². The molecule has 0 aliphatic carbocycles. The van der Waals surface area contributed by atoms with Gasteiger partial charge in [0.1, 0.15) is 0 Å². The molecule has 0 amide bonds. The van der Waals surface area contributed by atoms with Crippen LogP contribution in [0.5, 0.6) is 0 Å². The zero-order valence-electron chi connectivity index (χ0n) is 10.1. The third-order valence-electron chi connectivity index (χ3n) is 2.88. The fourth-order valence-electron chi connectivity index (χ4n) is 1.83. The van der Waals surface area contributed by atoms with E-state index < -0.39 is 4.92 Å². The summed E-state index contributed by atoms with van der Waals surface area (Å²) in [6, 6.07) is 8.24. The molecule has 0 atom stereocenters. The van der Waals surface area contributed by atoms with Gasteiger partial charge in [-0.3, -0.25) is 14.5 Å². The van der Waals surface area contributed by atoms with Crippen LogP contribution in [0.1, 0.15) is 12.5 Å². The second kappa shape index (κ2) is 5.12. The van der Waals surface area contributed by atoms with Crippen molar-refractivity contribution < 1.29 is 4.92 Å². The van der Waals surface area contributed by atoms with E-state index in [1.165, 1.54) is 16.6 Å². The van der Waals surface area contributed by atoms with Gasteiger partial charge in [0.15, 0.2) is 0 Å². The maximum atomic E-state index is 10.6. The molecule has 2 rings (SSSR count). The lowest BCUT2D eigenvalue weighted by Crippen LogP contribution is -2.17.